The van der Waals surface area contributed by atoms with E-state index in [0.29, 0.717) is 27.2 Å². The van der Waals surface area contributed by atoms with Crippen molar-refractivity contribution in [3.05, 3.63) is 52.5 Å². The van der Waals surface area contributed by atoms with Crippen molar-refractivity contribution in [1.82, 2.24) is 9.97 Å². The molecule has 1 fully saturated rings. The second-order valence-corrected chi connectivity index (χ2v) is 7.07. The summed E-state index contributed by atoms with van der Waals surface area (Å²) in [5, 5.41) is 34.7. The van der Waals surface area contributed by atoms with Gasteiger partial charge in [-0.3, -0.25) is 4.79 Å². The SMILES string of the molecule is O=C(Nc1ncnc2c([C@@H]3O[C@H](CO)[C@@H](O)[C@H]3O)scc12)c1ccccc1. The van der Waals surface area contributed by atoms with Crippen LogP contribution < -0.4 is 5.32 Å². The molecule has 4 N–H and O–H groups in total. The maximum atomic E-state index is 12.4. The Balaban J connectivity index is 1.65. The van der Waals surface area contributed by atoms with Gasteiger partial charge in [-0.25, -0.2) is 9.97 Å². The zero-order valence-corrected chi connectivity index (χ0v) is 14.8. The molecule has 27 heavy (non-hydrogen) atoms. The van der Waals surface area contributed by atoms with Crippen molar-refractivity contribution in [2.45, 2.75) is 24.4 Å². The molecule has 0 radical (unpaired) electrons. The summed E-state index contributed by atoms with van der Waals surface area (Å²) in [6.45, 7) is -0.397. The third kappa shape index (κ3) is 3.20. The largest absolute Gasteiger partial charge is 0.394 e. The average molecular weight is 387 g/mol. The standard InChI is InChI=1S/C18H17N3O5S/c22-6-11-13(23)14(24)15(26-11)16-12-10(7-27-16)17(20-8-19-12)21-18(25)9-4-2-1-3-5-9/h1-5,7-8,11,13-15,22-24H,6H2,(H,19,20,21,25)/t11-,13-,14-,15-/m1/s1. The molecule has 0 unspecified atom stereocenters. The van der Waals surface area contributed by atoms with Gasteiger partial charge in [-0.15, -0.1) is 11.3 Å². The molecule has 1 aliphatic rings. The molecule has 0 spiro atoms. The van der Waals surface area contributed by atoms with E-state index in [1.54, 1.807) is 29.6 Å². The summed E-state index contributed by atoms with van der Waals surface area (Å²) in [5.41, 5.74) is 1.02. The number of anilines is 1. The van der Waals surface area contributed by atoms with Gasteiger partial charge in [0.25, 0.3) is 5.91 Å². The van der Waals surface area contributed by atoms with Crippen molar-refractivity contribution in [2.24, 2.45) is 0 Å². The molecule has 1 saturated heterocycles. The van der Waals surface area contributed by atoms with Crippen LogP contribution in [0.4, 0.5) is 5.82 Å². The molecule has 2 aromatic heterocycles. The Morgan fingerprint density at radius 1 is 1.19 bits per heavy atom. The highest BCUT2D eigenvalue weighted by molar-refractivity contribution is 7.11. The Kier molecular flexibility index (Phi) is 4.85. The number of nitrogens with zero attached hydrogens (tertiary/aromatic N) is 2. The van der Waals surface area contributed by atoms with E-state index < -0.39 is 31.0 Å². The maximum absolute atomic E-state index is 12.4. The minimum Gasteiger partial charge on any atom is -0.394 e. The van der Waals surface area contributed by atoms with Crippen molar-refractivity contribution in [3.8, 4) is 0 Å². The van der Waals surface area contributed by atoms with E-state index in [-0.39, 0.29) is 5.91 Å². The number of benzene rings is 1. The first kappa shape index (κ1) is 18.0. The Labute approximate surface area is 158 Å². The van der Waals surface area contributed by atoms with Gasteiger partial charge in [0.1, 0.15) is 36.6 Å². The summed E-state index contributed by atoms with van der Waals surface area (Å²) in [4.78, 5) is 21.4. The molecule has 1 amide bonds. The van der Waals surface area contributed by atoms with Crippen molar-refractivity contribution < 1.29 is 24.9 Å². The Morgan fingerprint density at radius 3 is 2.67 bits per heavy atom. The molecule has 0 saturated carbocycles. The first-order valence-electron chi connectivity index (χ1n) is 8.31. The van der Waals surface area contributed by atoms with Gasteiger partial charge in [0, 0.05) is 10.9 Å². The summed E-state index contributed by atoms with van der Waals surface area (Å²) in [7, 11) is 0. The van der Waals surface area contributed by atoms with Crippen LogP contribution in [0.25, 0.3) is 10.9 Å². The van der Waals surface area contributed by atoms with E-state index >= 15 is 0 Å². The van der Waals surface area contributed by atoms with Gasteiger partial charge in [-0.2, -0.15) is 0 Å². The molecule has 0 bridgehead atoms. The lowest BCUT2D eigenvalue weighted by Crippen LogP contribution is -2.32. The highest BCUT2D eigenvalue weighted by Gasteiger charge is 2.44. The Hall–Kier alpha value is -2.43. The van der Waals surface area contributed by atoms with Gasteiger partial charge in [0.2, 0.25) is 0 Å². The summed E-state index contributed by atoms with van der Waals surface area (Å²) in [5.74, 6) is 0.0550. The van der Waals surface area contributed by atoms with Gasteiger partial charge in [0.15, 0.2) is 0 Å². The summed E-state index contributed by atoms with van der Waals surface area (Å²) in [6.07, 6.45) is -2.72. The number of nitrogens with one attached hydrogen (secondary N) is 1. The van der Waals surface area contributed by atoms with Crippen LogP contribution in [-0.4, -0.2) is 56.1 Å². The monoisotopic (exact) mass is 387 g/mol. The van der Waals surface area contributed by atoms with Crippen molar-refractivity contribution in [2.75, 3.05) is 11.9 Å². The van der Waals surface area contributed by atoms with E-state index in [4.69, 9.17) is 4.74 Å². The minimum atomic E-state index is -1.18. The summed E-state index contributed by atoms with van der Waals surface area (Å²) >= 11 is 1.28. The first-order chi connectivity index (χ1) is 13.1. The molecule has 8 nitrogen and oxygen atoms in total. The molecular formula is C18H17N3O5S. The quantitative estimate of drug-likeness (QED) is 0.528. The van der Waals surface area contributed by atoms with Gasteiger partial charge >= 0.3 is 0 Å². The number of fused-ring (bicyclic) bond motifs is 1. The molecule has 0 aliphatic carbocycles. The molecule has 3 heterocycles. The molecule has 9 heteroatoms. The average Bonchev–Trinajstić information content (AvgIpc) is 3.25. The number of aliphatic hydroxyl groups is 3. The fraction of sp³-hybridized carbons (Fsp3) is 0.278. The number of ether oxygens (including phenoxy) is 1. The normalized spacial score (nSPS) is 25.0. The van der Waals surface area contributed by atoms with Gasteiger partial charge in [-0.1, -0.05) is 18.2 Å². The van der Waals surface area contributed by atoms with E-state index in [9.17, 15) is 20.1 Å². The number of carbonyl (C=O) groups is 1. The van der Waals surface area contributed by atoms with Crippen LogP contribution in [0.15, 0.2) is 42.0 Å². The molecule has 1 aromatic carbocycles. The second kappa shape index (κ2) is 7.29. The highest BCUT2D eigenvalue weighted by atomic mass is 32.1. The van der Waals surface area contributed by atoms with Gasteiger partial charge in [-0.05, 0) is 12.1 Å². The molecule has 4 rings (SSSR count). The lowest BCUT2D eigenvalue weighted by molar-refractivity contribution is -0.0214. The third-order valence-corrected chi connectivity index (χ3v) is 5.52. The van der Waals surface area contributed by atoms with Crippen molar-refractivity contribution in [3.63, 3.8) is 0 Å². The number of amides is 1. The Bertz CT molecular complexity index is 964. The van der Waals surface area contributed by atoms with Crippen LogP contribution in [0.5, 0.6) is 0 Å². The number of rotatable bonds is 4. The van der Waals surface area contributed by atoms with E-state index in [2.05, 4.69) is 15.3 Å². The number of aromatic nitrogens is 2. The number of hydrogen-bond donors (Lipinski definition) is 4. The minimum absolute atomic E-state index is 0.295. The predicted octanol–water partition coefficient (Wildman–Crippen LogP) is 1.10. The van der Waals surface area contributed by atoms with Gasteiger partial charge in [0.05, 0.1) is 22.4 Å². The van der Waals surface area contributed by atoms with E-state index in [1.807, 2.05) is 6.07 Å². The maximum Gasteiger partial charge on any atom is 0.256 e. The molecule has 4 atom stereocenters. The van der Waals surface area contributed by atoms with Crippen LogP contribution in [0, 0.1) is 0 Å². The fourth-order valence-corrected chi connectivity index (χ4v) is 4.14. The molecule has 3 aromatic rings. The van der Waals surface area contributed by atoms with Gasteiger partial charge < -0.3 is 25.4 Å². The molecule has 1 aliphatic heterocycles. The van der Waals surface area contributed by atoms with Crippen LogP contribution in [0.3, 0.4) is 0 Å². The van der Waals surface area contributed by atoms with Crippen molar-refractivity contribution >= 4 is 34.0 Å². The van der Waals surface area contributed by atoms with Crippen LogP contribution in [0.2, 0.25) is 0 Å². The smallest absolute Gasteiger partial charge is 0.256 e. The lowest BCUT2D eigenvalue weighted by atomic mass is 10.1. The van der Waals surface area contributed by atoms with Crippen molar-refractivity contribution in [1.29, 1.82) is 0 Å². The van der Waals surface area contributed by atoms with E-state index in [0.717, 1.165) is 0 Å². The highest BCUT2D eigenvalue weighted by Crippen LogP contribution is 2.40. The fourth-order valence-electron chi connectivity index (χ4n) is 3.07. The number of hydrogen-bond acceptors (Lipinski definition) is 8. The zero-order chi connectivity index (χ0) is 19.0. The Morgan fingerprint density at radius 2 is 1.96 bits per heavy atom. The number of aliphatic hydroxyl groups excluding tert-OH is 3. The third-order valence-electron chi connectivity index (χ3n) is 4.49. The predicted molar refractivity (Wildman–Crippen MR) is 98.5 cm³/mol. The number of carbonyl (C=O) groups excluding carboxylic acids is 1. The summed E-state index contributed by atoms with van der Waals surface area (Å²) < 4.78 is 5.59. The second-order valence-electron chi connectivity index (χ2n) is 6.16. The number of thiophene rings is 1. The zero-order valence-electron chi connectivity index (χ0n) is 14.0. The lowest BCUT2D eigenvalue weighted by Gasteiger charge is -2.13. The summed E-state index contributed by atoms with van der Waals surface area (Å²) in [6, 6.07) is 8.77. The van der Waals surface area contributed by atoms with Crippen LogP contribution >= 0.6 is 11.3 Å². The molecule has 140 valence electrons. The van der Waals surface area contributed by atoms with Crippen LogP contribution in [-0.2, 0) is 4.74 Å². The topological polar surface area (TPSA) is 125 Å². The van der Waals surface area contributed by atoms with Crippen LogP contribution in [0.1, 0.15) is 21.3 Å². The first-order valence-corrected chi connectivity index (χ1v) is 9.19. The molecular weight excluding hydrogens is 370 g/mol. The van der Waals surface area contributed by atoms with E-state index in [1.165, 1.54) is 17.7 Å².